The van der Waals surface area contributed by atoms with Crippen molar-refractivity contribution in [2.45, 2.75) is 38.2 Å². The zero-order valence-electron chi connectivity index (χ0n) is 11.7. The molecule has 2 rings (SSSR count). The molecule has 1 unspecified atom stereocenters. The average Bonchev–Trinajstić information content (AvgIpc) is 2.39. The van der Waals surface area contributed by atoms with E-state index in [2.05, 4.69) is 6.92 Å². The smallest absolute Gasteiger partial charge is 0.229 e. The van der Waals surface area contributed by atoms with E-state index in [0.29, 0.717) is 5.92 Å². The lowest BCUT2D eigenvalue weighted by atomic mass is 9.82. The maximum atomic E-state index is 12.5. The van der Waals surface area contributed by atoms with Gasteiger partial charge in [0.05, 0.1) is 12.0 Å². The molecule has 3 heteroatoms. The summed E-state index contributed by atoms with van der Waals surface area (Å²) in [4.78, 5) is 14.3. The van der Waals surface area contributed by atoms with Crippen LogP contribution in [0.2, 0.25) is 0 Å². The summed E-state index contributed by atoms with van der Waals surface area (Å²) in [6.07, 6.45) is 2.34. The largest absolute Gasteiger partial charge is 0.393 e. The lowest BCUT2D eigenvalue weighted by molar-refractivity contribution is -0.133. The summed E-state index contributed by atoms with van der Waals surface area (Å²) in [5, 5.41) is 9.30. The molecule has 1 saturated carbocycles. The molecular formula is C16H23NO2. The fourth-order valence-electron chi connectivity index (χ4n) is 2.83. The summed E-state index contributed by atoms with van der Waals surface area (Å²) in [5.41, 5.74) is 1.09. The van der Waals surface area contributed by atoms with Gasteiger partial charge in [0, 0.05) is 13.6 Å². The quantitative estimate of drug-likeness (QED) is 0.884. The van der Waals surface area contributed by atoms with Gasteiger partial charge in [-0.15, -0.1) is 0 Å². The number of carbonyl (C=O) groups is 1. The predicted octanol–water partition coefficient (Wildman–Crippen LogP) is 2.41. The summed E-state index contributed by atoms with van der Waals surface area (Å²) in [5.74, 6) is 0.614. The Balaban J connectivity index is 1.96. The minimum absolute atomic E-state index is 0.0452. The van der Waals surface area contributed by atoms with E-state index in [0.717, 1.165) is 31.4 Å². The fraction of sp³-hybridized carbons (Fsp3) is 0.562. The maximum absolute atomic E-state index is 12.5. The number of aliphatic hydroxyl groups is 1. The lowest BCUT2D eigenvalue weighted by Gasteiger charge is -2.35. The van der Waals surface area contributed by atoms with Crippen LogP contribution in [0.3, 0.4) is 0 Å². The van der Waals surface area contributed by atoms with Crippen LogP contribution in [-0.4, -0.2) is 35.6 Å². The molecule has 0 radical (unpaired) electrons. The van der Waals surface area contributed by atoms with E-state index in [9.17, 15) is 9.90 Å². The van der Waals surface area contributed by atoms with Gasteiger partial charge in [-0.1, -0.05) is 37.3 Å². The molecule has 1 aromatic rings. The van der Waals surface area contributed by atoms with Gasteiger partial charge in [-0.25, -0.2) is 0 Å². The third-order valence-electron chi connectivity index (χ3n) is 4.03. The van der Waals surface area contributed by atoms with Crippen LogP contribution >= 0.6 is 0 Å². The molecule has 0 aromatic heterocycles. The fourth-order valence-corrected chi connectivity index (χ4v) is 2.83. The number of likely N-dealkylation sites (N-methyl/N-ethyl adjacent to an activating group) is 1. The molecular weight excluding hydrogens is 238 g/mol. The summed E-state index contributed by atoms with van der Waals surface area (Å²) < 4.78 is 0. The van der Waals surface area contributed by atoms with Crippen molar-refractivity contribution in [3.8, 4) is 0 Å². The van der Waals surface area contributed by atoms with Crippen molar-refractivity contribution in [3.05, 3.63) is 35.9 Å². The Labute approximate surface area is 115 Å². The van der Waals surface area contributed by atoms with E-state index < -0.39 is 0 Å². The van der Waals surface area contributed by atoms with Crippen molar-refractivity contribution in [2.24, 2.45) is 5.92 Å². The number of carbonyl (C=O) groups excluding carboxylic acids is 1. The molecule has 0 aliphatic heterocycles. The standard InChI is InChI=1S/C16H23NO2/c1-3-15(13-7-5-4-6-8-13)16(19)17(2)11-12-9-14(18)10-12/h4-8,12,14-15,18H,3,9-11H2,1-2H3. The molecule has 0 heterocycles. The Morgan fingerprint density at radius 3 is 2.53 bits per heavy atom. The highest BCUT2D eigenvalue weighted by atomic mass is 16.3. The van der Waals surface area contributed by atoms with Gasteiger partial charge in [-0.3, -0.25) is 4.79 Å². The number of amides is 1. The molecule has 1 aliphatic rings. The summed E-state index contributed by atoms with van der Waals surface area (Å²) in [7, 11) is 1.87. The third-order valence-corrected chi connectivity index (χ3v) is 4.03. The first-order valence-corrected chi connectivity index (χ1v) is 7.09. The number of rotatable bonds is 5. The van der Waals surface area contributed by atoms with Crippen LogP contribution in [0.4, 0.5) is 0 Å². The monoisotopic (exact) mass is 261 g/mol. The van der Waals surface area contributed by atoms with E-state index in [1.165, 1.54) is 0 Å². The molecule has 1 amide bonds. The van der Waals surface area contributed by atoms with Crippen LogP contribution in [0.1, 0.15) is 37.7 Å². The first-order chi connectivity index (χ1) is 9.11. The van der Waals surface area contributed by atoms with Gasteiger partial charge in [0.15, 0.2) is 0 Å². The molecule has 3 nitrogen and oxygen atoms in total. The van der Waals surface area contributed by atoms with Gasteiger partial charge in [-0.05, 0) is 30.7 Å². The number of benzene rings is 1. The van der Waals surface area contributed by atoms with Gasteiger partial charge in [0.2, 0.25) is 5.91 Å². The number of nitrogens with zero attached hydrogens (tertiary/aromatic N) is 1. The molecule has 1 atom stereocenters. The van der Waals surface area contributed by atoms with Gasteiger partial charge >= 0.3 is 0 Å². The zero-order chi connectivity index (χ0) is 13.8. The molecule has 1 N–H and O–H groups in total. The number of aliphatic hydroxyl groups excluding tert-OH is 1. The Morgan fingerprint density at radius 2 is 2.00 bits per heavy atom. The van der Waals surface area contributed by atoms with E-state index in [1.807, 2.05) is 42.3 Å². The second-order valence-corrected chi connectivity index (χ2v) is 5.58. The van der Waals surface area contributed by atoms with Gasteiger partial charge < -0.3 is 10.0 Å². The van der Waals surface area contributed by atoms with Crippen LogP contribution in [0, 0.1) is 5.92 Å². The van der Waals surface area contributed by atoms with E-state index >= 15 is 0 Å². The topological polar surface area (TPSA) is 40.5 Å². The Morgan fingerprint density at radius 1 is 1.37 bits per heavy atom. The first kappa shape index (κ1) is 14.1. The van der Waals surface area contributed by atoms with Crippen LogP contribution in [-0.2, 0) is 4.79 Å². The van der Waals surface area contributed by atoms with Crippen molar-refractivity contribution in [2.75, 3.05) is 13.6 Å². The first-order valence-electron chi connectivity index (χ1n) is 7.09. The second-order valence-electron chi connectivity index (χ2n) is 5.58. The Bertz CT molecular complexity index is 412. The van der Waals surface area contributed by atoms with Crippen molar-refractivity contribution in [3.63, 3.8) is 0 Å². The molecule has 1 aliphatic carbocycles. The second kappa shape index (κ2) is 6.20. The highest BCUT2D eigenvalue weighted by molar-refractivity contribution is 5.83. The maximum Gasteiger partial charge on any atom is 0.229 e. The van der Waals surface area contributed by atoms with E-state index in [-0.39, 0.29) is 17.9 Å². The minimum Gasteiger partial charge on any atom is -0.393 e. The highest BCUT2D eigenvalue weighted by Crippen LogP contribution is 2.29. The Hall–Kier alpha value is -1.35. The van der Waals surface area contributed by atoms with Crippen molar-refractivity contribution in [1.82, 2.24) is 4.90 Å². The summed E-state index contributed by atoms with van der Waals surface area (Å²) in [6, 6.07) is 9.97. The number of hydrogen-bond acceptors (Lipinski definition) is 2. The predicted molar refractivity (Wildman–Crippen MR) is 75.8 cm³/mol. The highest BCUT2D eigenvalue weighted by Gasteiger charge is 2.30. The van der Waals surface area contributed by atoms with Gasteiger partial charge in [0.1, 0.15) is 0 Å². The SMILES string of the molecule is CCC(C(=O)N(C)CC1CC(O)C1)c1ccccc1. The van der Waals surface area contributed by atoms with Crippen LogP contribution in [0.15, 0.2) is 30.3 Å². The van der Waals surface area contributed by atoms with Gasteiger partial charge in [0.25, 0.3) is 0 Å². The Kier molecular flexibility index (Phi) is 4.59. The minimum atomic E-state index is -0.149. The summed E-state index contributed by atoms with van der Waals surface area (Å²) in [6.45, 7) is 2.82. The van der Waals surface area contributed by atoms with Crippen LogP contribution in [0.5, 0.6) is 0 Å². The van der Waals surface area contributed by atoms with Crippen molar-refractivity contribution < 1.29 is 9.90 Å². The molecule has 0 spiro atoms. The molecule has 104 valence electrons. The molecule has 1 aromatic carbocycles. The zero-order valence-corrected chi connectivity index (χ0v) is 11.7. The van der Waals surface area contributed by atoms with Crippen molar-refractivity contribution >= 4 is 5.91 Å². The van der Waals surface area contributed by atoms with Gasteiger partial charge in [-0.2, -0.15) is 0 Å². The molecule has 0 saturated heterocycles. The van der Waals surface area contributed by atoms with E-state index in [4.69, 9.17) is 0 Å². The average molecular weight is 261 g/mol. The molecule has 19 heavy (non-hydrogen) atoms. The third kappa shape index (κ3) is 3.35. The van der Waals surface area contributed by atoms with E-state index in [1.54, 1.807) is 0 Å². The molecule has 1 fully saturated rings. The lowest BCUT2D eigenvalue weighted by Crippen LogP contribution is -2.41. The van der Waals surface area contributed by atoms with Crippen molar-refractivity contribution in [1.29, 1.82) is 0 Å². The summed E-state index contributed by atoms with van der Waals surface area (Å²) >= 11 is 0. The van der Waals surface area contributed by atoms with Crippen LogP contribution < -0.4 is 0 Å². The van der Waals surface area contributed by atoms with Crippen LogP contribution in [0.25, 0.3) is 0 Å². The number of hydrogen-bond donors (Lipinski definition) is 1. The molecule has 0 bridgehead atoms. The normalized spacial score (nSPS) is 23.5.